The number of rotatable bonds is 3. The third-order valence-electron chi connectivity index (χ3n) is 3.59. The minimum atomic E-state index is -0.00685. The maximum absolute atomic E-state index is 6.29. The zero-order chi connectivity index (χ0) is 13.1. The molecular formula is C14H20N2O3. The molecule has 0 spiro atoms. The van der Waals surface area contributed by atoms with Crippen molar-refractivity contribution >= 4 is 0 Å². The Labute approximate surface area is 113 Å². The van der Waals surface area contributed by atoms with Gasteiger partial charge in [-0.2, -0.15) is 0 Å². The normalized spacial score (nSPS) is 21.1. The Morgan fingerprint density at radius 3 is 3.00 bits per heavy atom. The van der Waals surface area contributed by atoms with Crippen LogP contribution in [0.15, 0.2) is 18.2 Å². The van der Waals surface area contributed by atoms with Crippen LogP contribution in [0.1, 0.15) is 18.0 Å². The van der Waals surface area contributed by atoms with E-state index in [9.17, 15) is 0 Å². The molecular weight excluding hydrogens is 244 g/mol. The van der Waals surface area contributed by atoms with Crippen LogP contribution >= 0.6 is 0 Å². The number of fused-ring (bicyclic) bond motifs is 1. The highest BCUT2D eigenvalue weighted by Crippen LogP contribution is 2.33. The summed E-state index contributed by atoms with van der Waals surface area (Å²) in [5, 5.41) is 0. The summed E-state index contributed by atoms with van der Waals surface area (Å²) in [4.78, 5) is 2.36. The monoisotopic (exact) mass is 264 g/mol. The number of hydrogen-bond acceptors (Lipinski definition) is 5. The molecule has 0 bridgehead atoms. The minimum Gasteiger partial charge on any atom is -0.454 e. The highest BCUT2D eigenvalue weighted by Gasteiger charge is 2.18. The summed E-state index contributed by atoms with van der Waals surface area (Å²) in [6.45, 7) is 4.82. The zero-order valence-corrected chi connectivity index (χ0v) is 11.0. The lowest BCUT2D eigenvalue weighted by atomic mass is 10.1. The molecule has 19 heavy (non-hydrogen) atoms. The predicted molar refractivity (Wildman–Crippen MR) is 71.4 cm³/mol. The van der Waals surface area contributed by atoms with Crippen molar-refractivity contribution < 1.29 is 14.2 Å². The molecule has 1 saturated heterocycles. The van der Waals surface area contributed by atoms with Gasteiger partial charge in [0.2, 0.25) is 6.79 Å². The fraction of sp³-hybridized carbons (Fsp3) is 0.571. The van der Waals surface area contributed by atoms with E-state index >= 15 is 0 Å². The molecule has 3 rings (SSSR count). The molecule has 0 aromatic heterocycles. The van der Waals surface area contributed by atoms with Gasteiger partial charge in [0.1, 0.15) is 0 Å². The first-order valence-corrected chi connectivity index (χ1v) is 6.78. The van der Waals surface area contributed by atoms with E-state index in [1.54, 1.807) is 0 Å². The van der Waals surface area contributed by atoms with Gasteiger partial charge in [0.25, 0.3) is 0 Å². The van der Waals surface area contributed by atoms with E-state index in [-0.39, 0.29) is 6.04 Å². The molecule has 1 atom stereocenters. The lowest BCUT2D eigenvalue weighted by Gasteiger charge is -2.23. The Hall–Kier alpha value is -1.30. The van der Waals surface area contributed by atoms with E-state index < -0.39 is 0 Å². The third-order valence-corrected chi connectivity index (χ3v) is 3.59. The van der Waals surface area contributed by atoms with Gasteiger partial charge in [0.05, 0.1) is 6.61 Å². The molecule has 5 nitrogen and oxygen atoms in total. The lowest BCUT2D eigenvalue weighted by molar-refractivity contribution is 0.140. The fourth-order valence-corrected chi connectivity index (χ4v) is 2.51. The smallest absolute Gasteiger partial charge is 0.231 e. The molecule has 0 radical (unpaired) electrons. The van der Waals surface area contributed by atoms with Crippen molar-refractivity contribution in [1.82, 2.24) is 4.90 Å². The minimum absolute atomic E-state index is 0.00685. The van der Waals surface area contributed by atoms with Crippen molar-refractivity contribution in [3.05, 3.63) is 23.8 Å². The Morgan fingerprint density at radius 1 is 1.16 bits per heavy atom. The Morgan fingerprint density at radius 2 is 2.05 bits per heavy atom. The van der Waals surface area contributed by atoms with Crippen molar-refractivity contribution in [3.63, 3.8) is 0 Å². The molecule has 1 aromatic rings. The quantitative estimate of drug-likeness (QED) is 0.887. The number of nitrogens with two attached hydrogens (primary N) is 1. The Kier molecular flexibility index (Phi) is 3.87. The van der Waals surface area contributed by atoms with Gasteiger partial charge in [-0.25, -0.2) is 0 Å². The van der Waals surface area contributed by atoms with Gasteiger partial charge in [0, 0.05) is 32.3 Å². The highest BCUT2D eigenvalue weighted by molar-refractivity contribution is 5.45. The average molecular weight is 264 g/mol. The van der Waals surface area contributed by atoms with E-state index in [1.165, 1.54) is 0 Å². The maximum atomic E-state index is 6.29. The predicted octanol–water partition coefficient (Wildman–Crippen LogP) is 1.14. The molecule has 1 aromatic carbocycles. The molecule has 5 heteroatoms. The number of benzene rings is 1. The van der Waals surface area contributed by atoms with Gasteiger partial charge in [0.15, 0.2) is 11.5 Å². The van der Waals surface area contributed by atoms with Crippen molar-refractivity contribution in [2.24, 2.45) is 5.73 Å². The van der Waals surface area contributed by atoms with Gasteiger partial charge < -0.3 is 19.9 Å². The molecule has 1 fully saturated rings. The largest absolute Gasteiger partial charge is 0.454 e. The van der Waals surface area contributed by atoms with Crippen LogP contribution in [-0.2, 0) is 4.74 Å². The van der Waals surface area contributed by atoms with E-state index in [1.807, 2.05) is 18.2 Å². The highest BCUT2D eigenvalue weighted by atomic mass is 16.7. The maximum Gasteiger partial charge on any atom is 0.231 e. The third kappa shape index (κ3) is 3.00. The lowest BCUT2D eigenvalue weighted by Crippen LogP contribution is -2.34. The van der Waals surface area contributed by atoms with Crippen molar-refractivity contribution in [3.8, 4) is 11.5 Å². The summed E-state index contributed by atoms with van der Waals surface area (Å²) < 4.78 is 16.2. The van der Waals surface area contributed by atoms with Crippen molar-refractivity contribution in [1.29, 1.82) is 0 Å². The van der Waals surface area contributed by atoms with Gasteiger partial charge in [-0.3, -0.25) is 4.90 Å². The molecule has 1 unspecified atom stereocenters. The summed E-state index contributed by atoms with van der Waals surface area (Å²) >= 11 is 0. The fourth-order valence-electron chi connectivity index (χ4n) is 2.51. The molecule has 0 aliphatic carbocycles. The van der Waals surface area contributed by atoms with E-state index in [0.717, 1.165) is 56.3 Å². The van der Waals surface area contributed by atoms with Crippen LogP contribution in [0.4, 0.5) is 0 Å². The van der Waals surface area contributed by atoms with Crippen LogP contribution in [0.3, 0.4) is 0 Å². The first kappa shape index (κ1) is 12.7. The molecule has 2 aliphatic rings. The number of hydrogen-bond donors (Lipinski definition) is 1. The van der Waals surface area contributed by atoms with Crippen LogP contribution in [0, 0.1) is 0 Å². The average Bonchev–Trinajstić information content (AvgIpc) is 2.75. The van der Waals surface area contributed by atoms with E-state index in [4.69, 9.17) is 19.9 Å². The van der Waals surface area contributed by atoms with Crippen LogP contribution in [-0.4, -0.2) is 44.5 Å². The summed E-state index contributed by atoms with van der Waals surface area (Å²) in [5.41, 5.74) is 7.38. The summed E-state index contributed by atoms with van der Waals surface area (Å²) in [6, 6.07) is 5.93. The number of nitrogens with zero attached hydrogens (tertiary/aromatic N) is 1. The van der Waals surface area contributed by atoms with Gasteiger partial charge in [-0.05, 0) is 24.1 Å². The summed E-state index contributed by atoms with van der Waals surface area (Å²) in [7, 11) is 0. The SMILES string of the molecule is NC(CN1CCCOCC1)c1ccc2c(c1)OCO2. The Bertz CT molecular complexity index is 431. The number of ether oxygens (including phenoxy) is 3. The molecule has 2 N–H and O–H groups in total. The van der Waals surface area contributed by atoms with E-state index in [2.05, 4.69) is 4.90 Å². The molecule has 104 valence electrons. The topological polar surface area (TPSA) is 57.0 Å². The molecule has 2 heterocycles. The van der Waals surface area contributed by atoms with Crippen molar-refractivity contribution in [2.75, 3.05) is 39.6 Å². The summed E-state index contributed by atoms with van der Waals surface area (Å²) in [6.07, 6.45) is 1.08. The van der Waals surface area contributed by atoms with Gasteiger partial charge >= 0.3 is 0 Å². The van der Waals surface area contributed by atoms with Crippen molar-refractivity contribution in [2.45, 2.75) is 12.5 Å². The van der Waals surface area contributed by atoms with Crippen LogP contribution in [0.25, 0.3) is 0 Å². The standard InChI is InChI=1S/C14H20N2O3/c15-12(9-16-4-1-6-17-7-5-16)11-2-3-13-14(8-11)19-10-18-13/h2-3,8,12H,1,4-7,9-10,15H2. The molecule has 2 aliphatic heterocycles. The molecule has 0 amide bonds. The summed E-state index contributed by atoms with van der Waals surface area (Å²) in [5.74, 6) is 1.60. The van der Waals surface area contributed by atoms with Crippen LogP contribution in [0.5, 0.6) is 11.5 Å². The van der Waals surface area contributed by atoms with E-state index in [0.29, 0.717) is 6.79 Å². The van der Waals surface area contributed by atoms with Gasteiger partial charge in [-0.15, -0.1) is 0 Å². The second-order valence-electron chi connectivity index (χ2n) is 4.99. The van der Waals surface area contributed by atoms with Crippen LogP contribution in [0.2, 0.25) is 0 Å². The second-order valence-corrected chi connectivity index (χ2v) is 4.99. The molecule has 0 saturated carbocycles. The Balaban J connectivity index is 1.64. The second kappa shape index (κ2) is 5.77. The first-order chi connectivity index (χ1) is 9.33. The van der Waals surface area contributed by atoms with Crippen LogP contribution < -0.4 is 15.2 Å². The first-order valence-electron chi connectivity index (χ1n) is 6.78. The van der Waals surface area contributed by atoms with Gasteiger partial charge in [-0.1, -0.05) is 6.07 Å². The zero-order valence-electron chi connectivity index (χ0n) is 11.0.